The fourth-order valence-electron chi connectivity index (χ4n) is 1.51. The van der Waals surface area contributed by atoms with E-state index in [0.717, 1.165) is 0 Å². The maximum Gasteiger partial charge on any atom is 0.273 e. The first-order valence-electron chi connectivity index (χ1n) is 4.78. The van der Waals surface area contributed by atoms with E-state index in [1.165, 1.54) is 19.1 Å². The minimum Gasteiger partial charge on any atom is -0.258 e. The Hall–Kier alpha value is -1.98. The number of nitrogens with zero attached hydrogens (tertiary/aromatic N) is 2. The molecule has 0 aliphatic heterocycles. The van der Waals surface area contributed by atoms with E-state index < -0.39 is 9.85 Å². The number of hydrogen-bond donors (Lipinski definition) is 0. The van der Waals surface area contributed by atoms with Gasteiger partial charge in [-0.15, -0.1) is 0 Å². The normalized spacial score (nSPS) is 10.5. The number of benzene rings is 1. The zero-order valence-electron chi connectivity index (χ0n) is 9.26. The molecular weight excluding hydrogens is 212 g/mol. The number of rotatable bonds is 3. The first-order valence-corrected chi connectivity index (χ1v) is 4.78. The molecule has 0 radical (unpaired) electrons. The molecule has 0 amide bonds. The Balaban J connectivity index is 3.49. The van der Waals surface area contributed by atoms with Crippen LogP contribution >= 0.6 is 0 Å². The minimum atomic E-state index is -0.523. The van der Waals surface area contributed by atoms with Gasteiger partial charge in [0.1, 0.15) is 0 Å². The average molecular weight is 224 g/mol. The van der Waals surface area contributed by atoms with Crippen LogP contribution in [-0.2, 0) is 0 Å². The molecule has 6 nitrogen and oxygen atoms in total. The molecule has 0 N–H and O–H groups in total. The van der Waals surface area contributed by atoms with E-state index in [-0.39, 0.29) is 17.3 Å². The lowest BCUT2D eigenvalue weighted by Gasteiger charge is -2.07. The predicted octanol–water partition coefficient (Wildman–Crippen LogP) is 2.93. The second-order valence-electron chi connectivity index (χ2n) is 3.87. The Morgan fingerprint density at radius 3 is 1.94 bits per heavy atom. The van der Waals surface area contributed by atoms with Gasteiger partial charge in [0.15, 0.2) is 0 Å². The van der Waals surface area contributed by atoms with E-state index in [4.69, 9.17) is 0 Å². The third kappa shape index (κ3) is 2.16. The lowest BCUT2D eigenvalue weighted by molar-refractivity contribution is -0.390. The molecule has 0 bridgehead atoms. The summed E-state index contributed by atoms with van der Waals surface area (Å²) in [6, 6.07) is 2.55. The topological polar surface area (TPSA) is 86.3 Å². The van der Waals surface area contributed by atoms with Crippen LogP contribution in [-0.4, -0.2) is 9.85 Å². The largest absolute Gasteiger partial charge is 0.273 e. The van der Waals surface area contributed by atoms with Crippen molar-refractivity contribution >= 4 is 11.4 Å². The van der Waals surface area contributed by atoms with E-state index in [1.807, 2.05) is 0 Å². The second-order valence-corrected chi connectivity index (χ2v) is 3.87. The molecule has 0 heterocycles. The second kappa shape index (κ2) is 4.26. The molecule has 0 atom stereocenters. The third-order valence-electron chi connectivity index (χ3n) is 2.36. The number of aryl methyl sites for hydroxylation is 1. The van der Waals surface area contributed by atoms with Crippen LogP contribution in [0.4, 0.5) is 11.4 Å². The molecule has 1 aromatic rings. The van der Waals surface area contributed by atoms with E-state index in [9.17, 15) is 20.2 Å². The van der Waals surface area contributed by atoms with Crippen molar-refractivity contribution in [2.75, 3.05) is 0 Å². The van der Waals surface area contributed by atoms with E-state index in [2.05, 4.69) is 0 Å². The number of nitro benzene ring substituents is 2. The maximum atomic E-state index is 10.8. The van der Waals surface area contributed by atoms with Gasteiger partial charge in [-0.1, -0.05) is 13.8 Å². The summed E-state index contributed by atoms with van der Waals surface area (Å²) in [7, 11) is 0. The smallest absolute Gasteiger partial charge is 0.258 e. The summed E-state index contributed by atoms with van der Waals surface area (Å²) in [5.41, 5.74) is 0.566. The molecule has 0 fully saturated rings. The van der Waals surface area contributed by atoms with Crippen LogP contribution in [0.25, 0.3) is 0 Å². The standard InChI is InChI=1S/C10H12N2O4/c1-6(2)8-5-9(11(13)14)7(3)4-10(8)12(15)16/h4-6H,1-3H3. The molecule has 0 spiro atoms. The Bertz CT molecular complexity index is 454. The summed E-state index contributed by atoms with van der Waals surface area (Å²) >= 11 is 0. The molecule has 6 heteroatoms. The molecule has 1 rings (SSSR count). The van der Waals surface area contributed by atoms with Gasteiger partial charge in [0.25, 0.3) is 11.4 Å². The average Bonchev–Trinajstić information content (AvgIpc) is 2.15. The van der Waals surface area contributed by atoms with Crippen molar-refractivity contribution < 1.29 is 9.85 Å². The van der Waals surface area contributed by atoms with E-state index in [0.29, 0.717) is 11.1 Å². The first-order chi connectivity index (χ1) is 7.34. The van der Waals surface area contributed by atoms with Crippen LogP contribution in [0.2, 0.25) is 0 Å². The van der Waals surface area contributed by atoms with Crippen molar-refractivity contribution in [3.63, 3.8) is 0 Å². The van der Waals surface area contributed by atoms with Gasteiger partial charge < -0.3 is 0 Å². The molecule has 0 saturated carbocycles. The minimum absolute atomic E-state index is 0.0573. The number of nitro groups is 2. The van der Waals surface area contributed by atoms with Crippen molar-refractivity contribution in [2.24, 2.45) is 0 Å². The van der Waals surface area contributed by atoms with Crippen molar-refractivity contribution in [2.45, 2.75) is 26.7 Å². The van der Waals surface area contributed by atoms with E-state index in [1.54, 1.807) is 13.8 Å². The molecule has 16 heavy (non-hydrogen) atoms. The highest BCUT2D eigenvalue weighted by molar-refractivity contribution is 5.54. The van der Waals surface area contributed by atoms with Gasteiger partial charge in [0, 0.05) is 23.3 Å². The summed E-state index contributed by atoms with van der Waals surface area (Å²) in [5, 5.41) is 21.5. The van der Waals surface area contributed by atoms with Crippen LogP contribution in [0.5, 0.6) is 0 Å². The molecule has 0 aromatic heterocycles. The van der Waals surface area contributed by atoms with Gasteiger partial charge in [-0.3, -0.25) is 20.2 Å². The molecule has 0 aliphatic rings. The highest BCUT2D eigenvalue weighted by Crippen LogP contribution is 2.32. The molecular formula is C10H12N2O4. The Morgan fingerprint density at radius 1 is 1.06 bits per heavy atom. The zero-order chi connectivity index (χ0) is 12.5. The monoisotopic (exact) mass is 224 g/mol. The summed E-state index contributed by atoms with van der Waals surface area (Å²) in [6.45, 7) is 5.03. The van der Waals surface area contributed by atoms with Crippen molar-refractivity contribution in [1.82, 2.24) is 0 Å². The summed E-state index contributed by atoms with van der Waals surface area (Å²) in [6.07, 6.45) is 0. The van der Waals surface area contributed by atoms with Gasteiger partial charge in [0.2, 0.25) is 0 Å². The maximum absolute atomic E-state index is 10.8. The molecule has 0 unspecified atom stereocenters. The molecule has 0 aliphatic carbocycles. The Labute approximate surface area is 92.2 Å². The molecule has 1 aromatic carbocycles. The first kappa shape index (κ1) is 12.1. The van der Waals surface area contributed by atoms with Crippen LogP contribution in [0.1, 0.15) is 30.9 Å². The summed E-state index contributed by atoms with van der Waals surface area (Å²) in [5.74, 6) is -0.125. The van der Waals surface area contributed by atoms with Gasteiger partial charge in [-0.2, -0.15) is 0 Å². The van der Waals surface area contributed by atoms with Crippen LogP contribution in [0, 0.1) is 27.2 Å². The van der Waals surface area contributed by atoms with Crippen molar-refractivity contribution in [3.8, 4) is 0 Å². The number of hydrogen-bond acceptors (Lipinski definition) is 4. The van der Waals surface area contributed by atoms with Crippen molar-refractivity contribution in [3.05, 3.63) is 43.5 Å². The Kier molecular flexibility index (Phi) is 3.22. The fourth-order valence-corrected chi connectivity index (χ4v) is 1.51. The van der Waals surface area contributed by atoms with Crippen molar-refractivity contribution in [1.29, 1.82) is 0 Å². The molecule has 86 valence electrons. The Morgan fingerprint density at radius 2 is 1.56 bits per heavy atom. The van der Waals surface area contributed by atoms with Crippen LogP contribution in [0.3, 0.4) is 0 Å². The van der Waals surface area contributed by atoms with Gasteiger partial charge >= 0.3 is 0 Å². The summed E-state index contributed by atoms with van der Waals surface area (Å²) < 4.78 is 0. The zero-order valence-corrected chi connectivity index (χ0v) is 9.26. The van der Waals surface area contributed by atoms with Gasteiger partial charge in [-0.25, -0.2) is 0 Å². The van der Waals surface area contributed by atoms with Gasteiger partial charge in [-0.05, 0) is 12.8 Å². The van der Waals surface area contributed by atoms with Crippen LogP contribution in [0.15, 0.2) is 12.1 Å². The SMILES string of the molecule is Cc1cc([N+](=O)[O-])c(C(C)C)cc1[N+](=O)[O-]. The quantitative estimate of drug-likeness (QED) is 0.583. The fraction of sp³-hybridized carbons (Fsp3) is 0.400. The third-order valence-corrected chi connectivity index (χ3v) is 2.36. The van der Waals surface area contributed by atoms with Crippen LogP contribution < -0.4 is 0 Å². The molecule has 0 saturated heterocycles. The summed E-state index contributed by atoms with van der Waals surface area (Å²) in [4.78, 5) is 20.5. The lowest BCUT2D eigenvalue weighted by atomic mass is 9.98. The van der Waals surface area contributed by atoms with E-state index >= 15 is 0 Å². The lowest BCUT2D eigenvalue weighted by Crippen LogP contribution is -2.01. The highest BCUT2D eigenvalue weighted by atomic mass is 16.6. The van der Waals surface area contributed by atoms with Gasteiger partial charge in [0.05, 0.1) is 9.85 Å². The predicted molar refractivity (Wildman–Crippen MR) is 58.6 cm³/mol. The highest BCUT2D eigenvalue weighted by Gasteiger charge is 2.23.